The zero-order valence-electron chi connectivity index (χ0n) is 8.84. The van der Waals surface area contributed by atoms with Crippen LogP contribution in [0, 0.1) is 23.7 Å². The van der Waals surface area contributed by atoms with E-state index in [4.69, 9.17) is 0 Å². The van der Waals surface area contributed by atoms with Gasteiger partial charge in [0.1, 0.15) is 0 Å². The van der Waals surface area contributed by atoms with Crippen molar-refractivity contribution in [3.8, 4) is 0 Å². The maximum absolute atomic E-state index is 11.7. The summed E-state index contributed by atoms with van der Waals surface area (Å²) in [6.07, 6.45) is 2.57. The third-order valence-corrected chi connectivity index (χ3v) is 4.39. The lowest BCUT2D eigenvalue weighted by atomic mass is 9.81. The van der Waals surface area contributed by atoms with Gasteiger partial charge in [-0.05, 0) is 44.4 Å². The van der Waals surface area contributed by atoms with Crippen molar-refractivity contribution in [1.82, 2.24) is 5.32 Å². The van der Waals surface area contributed by atoms with Gasteiger partial charge < -0.3 is 5.32 Å². The number of carbonyl (C=O) groups is 1. The standard InChI is InChI=1S/C12H17NO/c1-6(2)10-7-3-4-8(10)11-9(7)5-13-12(11)14/h7-9,11H,3-5H2,1-2H3,(H,13,14)/t7-,8-,9-,11+/m0/s1. The van der Waals surface area contributed by atoms with Crippen LogP contribution in [0.3, 0.4) is 0 Å². The average molecular weight is 191 g/mol. The van der Waals surface area contributed by atoms with Gasteiger partial charge in [-0.3, -0.25) is 4.79 Å². The first-order valence-corrected chi connectivity index (χ1v) is 5.65. The van der Waals surface area contributed by atoms with Crippen molar-refractivity contribution in [2.75, 3.05) is 6.54 Å². The highest BCUT2D eigenvalue weighted by Crippen LogP contribution is 2.58. The van der Waals surface area contributed by atoms with Crippen molar-refractivity contribution in [2.45, 2.75) is 26.7 Å². The highest BCUT2D eigenvalue weighted by Gasteiger charge is 2.56. The fourth-order valence-corrected chi connectivity index (χ4v) is 4.04. The Hall–Kier alpha value is -0.790. The molecule has 76 valence electrons. The summed E-state index contributed by atoms with van der Waals surface area (Å²) in [5.41, 5.74) is 3.11. The van der Waals surface area contributed by atoms with Crippen LogP contribution in [-0.2, 0) is 4.79 Å². The highest BCUT2D eigenvalue weighted by molar-refractivity contribution is 5.83. The Morgan fingerprint density at radius 3 is 2.64 bits per heavy atom. The van der Waals surface area contributed by atoms with Gasteiger partial charge in [0.05, 0.1) is 0 Å². The third kappa shape index (κ3) is 0.844. The zero-order valence-corrected chi connectivity index (χ0v) is 8.84. The Labute approximate surface area is 84.8 Å². The molecule has 3 rings (SSSR count). The van der Waals surface area contributed by atoms with E-state index in [2.05, 4.69) is 19.2 Å². The van der Waals surface area contributed by atoms with Crippen LogP contribution in [0.15, 0.2) is 11.1 Å². The summed E-state index contributed by atoms with van der Waals surface area (Å²) in [4.78, 5) is 11.7. The van der Waals surface area contributed by atoms with Crippen LogP contribution in [0.2, 0.25) is 0 Å². The Morgan fingerprint density at radius 2 is 2.00 bits per heavy atom. The molecule has 2 bridgehead atoms. The van der Waals surface area contributed by atoms with E-state index in [0.29, 0.717) is 23.7 Å². The molecule has 2 heteroatoms. The van der Waals surface area contributed by atoms with Crippen LogP contribution in [0.1, 0.15) is 26.7 Å². The van der Waals surface area contributed by atoms with E-state index in [1.54, 1.807) is 5.57 Å². The predicted octanol–water partition coefficient (Wildman–Crippen LogP) is 1.72. The molecule has 1 N–H and O–H groups in total. The van der Waals surface area contributed by atoms with E-state index >= 15 is 0 Å². The molecule has 3 fully saturated rings. The Kier molecular flexibility index (Phi) is 1.59. The van der Waals surface area contributed by atoms with Gasteiger partial charge in [0.2, 0.25) is 5.91 Å². The molecule has 2 nitrogen and oxygen atoms in total. The SMILES string of the molecule is CC(C)=C1[C@H]2CC[C@@H]1[C@H]1C(=O)NC[C@H]12. The molecule has 1 amide bonds. The van der Waals surface area contributed by atoms with Gasteiger partial charge >= 0.3 is 0 Å². The van der Waals surface area contributed by atoms with Crippen molar-refractivity contribution < 1.29 is 4.79 Å². The summed E-state index contributed by atoms with van der Waals surface area (Å²) in [6, 6.07) is 0. The maximum Gasteiger partial charge on any atom is 0.224 e. The normalized spacial score (nSPS) is 44.1. The highest BCUT2D eigenvalue weighted by atomic mass is 16.2. The molecule has 0 aromatic rings. The van der Waals surface area contributed by atoms with Crippen LogP contribution in [0.25, 0.3) is 0 Å². The first-order chi connectivity index (χ1) is 6.70. The molecule has 0 spiro atoms. The lowest BCUT2D eigenvalue weighted by molar-refractivity contribution is -0.124. The minimum Gasteiger partial charge on any atom is -0.356 e. The number of hydrogen-bond donors (Lipinski definition) is 1. The monoisotopic (exact) mass is 191 g/mol. The van der Waals surface area contributed by atoms with Crippen LogP contribution in [-0.4, -0.2) is 12.5 Å². The Balaban J connectivity index is 2.05. The molecule has 3 aliphatic rings. The topological polar surface area (TPSA) is 29.1 Å². The third-order valence-electron chi connectivity index (χ3n) is 4.39. The largest absolute Gasteiger partial charge is 0.356 e. The van der Waals surface area contributed by atoms with Gasteiger partial charge in [-0.25, -0.2) is 0 Å². The van der Waals surface area contributed by atoms with E-state index in [1.165, 1.54) is 18.4 Å². The molecular weight excluding hydrogens is 174 g/mol. The van der Waals surface area contributed by atoms with Gasteiger partial charge in [-0.15, -0.1) is 0 Å². The number of amides is 1. The van der Waals surface area contributed by atoms with Crippen LogP contribution in [0.4, 0.5) is 0 Å². The van der Waals surface area contributed by atoms with Gasteiger partial charge in [0, 0.05) is 12.5 Å². The molecule has 2 saturated carbocycles. The summed E-state index contributed by atoms with van der Waals surface area (Å²) in [7, 11) is 0. The number of fused-ring (bicyclic) bond motifs is 5. The summed E-state index contributed by atoms with van der Waals surface area (Å²) in [6.45, 7) is 5.35. The maximum atomic E-state index is 11.7. The molecule has 4 atom stereocenters. The number of carbonyl (C=O) groups excluding carboxylic acids is 1. The molecule has 0 aromatic heterocycles. The molecule has 14 heavy (non-hydrogen) atoms. The second kappa shape index (κ2) is 2.62. The quantitative estimate of drug-likeness (QED) is 0.580. The predicted molar refractivity (Wildman–Crippen MR) is 54.6 cm³/mol. The summed E-state index contributed by atoms with van der Waals surface area (Å²) in [5, 5.41) is 3.02. The van der Waals surface area contributed by atoms with E-state index in [-0.39, 0.29) is 0 Å². The minimum absolute atomic E-state index is 0.320. The molecule has 0 radical (unpaired) electrons. The second-order valence-electron chi connectivity index (χ2n) is 5.18. The lowest BCUT2D eigenvalue weighted by Gasteiger charge is -2.19. The van der Waals surface area contributed by atoms with Crippen LogP contribution in [0.5, 0.6) is 0 Å². The number of nitrogens with one attached hydrogen (secondary N) is 1. The van der Waals surface area contributed by atoms with Gasteiger partial charge in [0.15, 0.2) is 0 Å². The molecule has 2 aliphatic carbocycles. The van der Waals surface area contributed by atoms with E-state index in [0.717, 1.165) is 12.5 Å². The Bertz CT molecular complexity index is 327. The smallest absolute Gasteiger partial charge is 0.224 e. The van der Waals surface area contributed by atoms with Gasteiger partial charge in [-0.1, -0.05) is 11.1 Å². The van der Waals surface area contributed by atoms with Gasteiger partial charge in [-0.2, -0.15) is 0 Å². The van der Waals surface area contributed by atoms with Crippen molar-refractivity contribution >= 4 is 5.91 Å². The van der Waals surface area contributed by atoms with E-state index in [9.17, 15) is 4.79 Å². The first-order valence-electron chi connectivity index (χ1n) is 5.65. The lowest BCUT2D eigenvalue weighted by Crippen LogP contribution is -2.24. The summed E-state index contributed by atoms with van der Waals surface area (Å²) < 4.78 is 0. The van der Waals surface area contributed by atoms with Crippen molar-refractivity contribution in [1.29, 1.82) is 0 Å². The second-order valence-corrected chi connectivity index (χ2v) is 5.18. The van der Waals surface area contributed by atoms with Crippen LogP contribution >= 0.6 is 0 Å². The van der Waals surface area contributed by atoms with Crippen LogP contribution < -0.4 is 5.32 Å². The zero-order chi connectivity index (χ0) is 9.87. The summed E-state index contributed by atoms with van der Waals surface area (Å²) >= 11 is 0. The molecule has 1 saturated heterocycles. The fraction of sp³-hybridized carbons (Fsp3) is 0.750. The molecule has 1 heterocycles. The number of rotatable bonds is 0. The fourth-order valence-electron chi connectivity index (χ4n) is 4.04. The van der Waals surface area contributed by atoms with Crippen molar-refractivity contribution in [3.63, 3.8) is 0 Å². The molecule has 0 aromatic carbocycles. The van der Waals surface area contributed by atoms with Gasteiger partial charge in [0.25, 0.3) is 0 Å². The van der Waals surface area contributed by atoms with E-state index in [1.807, 2.05) is 0 Å². The number of hydrogen-bond acceptors (Lipinski definition) is 1. The first kappa shape index (κ1) is 8.51. The van der Waals surface area contributed by atoms with Crippen molar-refractivity contribution in [3.05, 3.63) is 11.1 Å². The van der Waals surface area contributed by atoms with Crippen molar-refractivity contribution in [2.24, 2.45) is 23.7 Å². The Morgan fingerprint density at radius 1 is 1.29 bits per heavy atom. The minimum atomic E-state index is 0.320. The molecule has 1 aliphatic heterocycles. The molecule has 0 unspecified atom stereocenters. The van der Waals surface area contributed by atoms with E-state index < -0.39 is 0 Å². The molecular formula is C12H17NO. The summed E-state index contributed by atoms with van der Waals surface area (Å²) in [5.74, 6) is 2.61. The number of allylic oxidation sites excluding steroid dienone is 2. The average Bonchev–Trinajstić information content (AvgIpc) is 2.74.